The van der Waals surface area contributed by atoms with Crippen LogP contribution in [0.15, 0.2) is 30.3 Å². The largest absolute Gasteiger partial charge is 0.495 e. The molecule has 1 aromatic carbocycles. The van der Waals surface area contributed by atoms with Gasteiger partial charge in [0.15, 0.2) is 0 Å². The SMILES string of the molecule is COc1ccccc1N1CCN(C(=O)c2cc3c(s2)CCCCC3)CC1. The van der Waals surface area contributed by atoms with Crippen molar-refractivity contribution in [3.05, 3.63) is 45.6 Å². The van der Waals surface area contributed by atoms with E-state index in [0.717, 1.165) is 55.3 Å². The van der Waals surface area contributed by atoms with Gasteiger partial charge in [0.1, 0.15) is 5.75 Å². The number of benzene rings is 1. The molecule has 1 aromatic heterocycles. The molecule has 2 aliphatic rings. The van der Waals surface area contributed by atoms with Crippen molar-refractivity contribution in [2.24, 2.45) is 0 Å². The van der Waals surface area contributed by atoms with Crippen molar-refractivity contribution >= 4 is 22.9 Å². The molecular formula is C21H26N2O2S. The van der Waals surface area contributed by atoms with Crippen LogP contribution in [0.5, 0.6) is 5.75 Å². The second kappa shape index (κ2) is 7.70. The quantitative estimate of drug-likeness (QED) is 0.766. The summed E-state index contributed by atoms with van der Waals surface area (Å²) in [6.45, 7) is 3.22. The molecule has 1 saturated heterocycles. The van der Waals surface area contributed by atoms with Gasteiger partial charge in [-0.15, -0.1) is 11.3 Å². The van der Waals surface area contributed by atoms with Crippen LogP contribution in [-0.4, -0.2) is 44.1 Å². The van der Waals surface area contributed by atoms with Crippen molar-refractivity contribution in [2.75, 3.05) is 38.2 Å². The summed E-state index contributed by atoms with van der Waals surface area (Å²) in [6.07, 6.45) is 6.12. The number of hydrogen-bond acceptors (Lipinski definition) is 4. The van der Waals surface area contributed by atoms with E-state index in [1.807, 2.05) is 23.1 Å². The highest BCUT2D eigenvalue weighted by molar-refractivity contribution is 7.14. The van der Waals surface area contributed by atoms with Crippen LogP contribution < -0.4 is 9.64 Å². The molecular weight excluding hydrogens is 344 g/mol. The van der Waals surface area contributed by atoms with Crippen LogP contribution in [0.1, 0.15) is 39.4 Å². The third-order valence-corrected chi connectivity index (χ3v) is 6.68. The summed E-state index contributed by atoms with van der Waals surface area (Å²) >= 11 is 1.73. The molecule has 138 valence electrons. The van der Waals surface area contributed by atoms with E-state index >= 15 is 0 Å². The summed E-state index contributed by atoms with van der Waals surface area (Å²) in [5, 5.41) is 0. The van der Waals surface area contributed by atoms with Gasteiger partial charge in [-0.2, -0.15) is 0 Å². The van der Waals surface area contributed by atoms with E-state index in [4.69, 9.17) is 4.74 Å². The number of rotatable bonds is 3. The molecule has 2 aromatic rings. The predicted octanol–water partition coefficient (Wildman–Crippen LogP) is 3.99. The highest BCUT2D eigenvalue weighted by Crippen LogP contribution is 2.31. The third-order valence-electron chi connectivity index (χ3n) is 5.45. The Hall–Kier alpha value is -2.01. The van der Waals surface area contributed by atoms with Crippen molar-refractivity contribution in [1.82, 2.24) is 4.90 Å². The second-order valence-corrected chi connectivity index (χ2v) is 8.21. The van der Waals surface area contributed by atoms with E-state index in [0.29, 0.717) is 0 Å². The normalized spacial score (nSPS) is 17.6. The zero-order valence-electron chi connectivity index (χ0n) is 15.4. The molecule has 1 aliphatic carbocycles. The van der Waals surface area contributed by atoms with Gasteiger partial charge < -0.3 is 14.5 Å². The standard InChI is InChI=1S/C21H26N2O2S/c1-25-18-9-6-5-8-17(18)22-11-13-23(14-12-22)21(24)20-15-16-7-3-2-4-10-19(16)26-20/h5-6,8-9,15H,2-4,7,10-14H2,1H3. The predicted molar refractivity (Wildman–Crippen MR) is 107 cm³/mol. The first-order chi connectivity index (χ1) is 12.8. The Morgan fingerprint density at radius 2 is 1.81 bits per heavy atom. The maximum atomic E-state index is 13.0. The number of hydrogen-bond donors (Lipinski definition) is 0. The first kappa shape index (κ1) is 17.4. The van der Waals surface area contributed by atoms with Crippen LogP contribution in [0.4, 0.5) is 5.69 Å². The van der Waals surface area contributed by atoms with Gasteiger partial charge in [0.2, 0.25) is 0 Å². The number of amides is 1. The number of anilines is 1. The number of ether oxygens (including phenoxy) is 1. The van der Waals surface area contributed by atoms with Crippen molar-refractivity contribution in [3.63, 3.8) is 0 Å². The Morgan fingerprint density at radius 1 is 1.04 bits per heavy atom. The van der Waals surface area contributed by atoms with Gasteiger partial charge in [-0.3, -0.25) is 4.79 Å². The van der Waals surface area contributed by atoms with E-state index in [2.05, 4.69) is 17.0 Å². The Bertz CT molecular complexity index is 755. The highest BCUT2D eigenvalue weighted by atomic mass is 32.1. The minimum Gasteiger partial charge on any atom is -0.495 e. The van der Waals surface area contributed by atoms with E-state index < -0.39 is 0 Å². The lowest BCUT2D eigenvalue weighted by Crippen LogP contribution is -2.48. The molecule has 0 radical (unpaired) electrons. The topological polar surface area (TPSA) is 32.8 Å². The van der Waals surface area contributed by atoms with Gasteiger partial charge in [-0.1, -0.05) is 18.6 Å². The third kappa shape index (κ3) is 3.45. The molecule has 0 saturated carbocycles. The molecule has 0 unspecified atom stereocenters. The number of aryl methyl sites for hydroxylation is 2. The summed E-state index contributed by atoms with van der Waals surface area (Å²) in [7, 11) is 1.71. The highest BCUT2D eigenvalue weighted by Gasteiger charge is 2.25. The maximum absolute atomic E-state index is 13.0. The number of thiophene rings is 1. The van der Waals surface area contributed by atoms with Crippen molar-refractivity contribution in [3.8, 4) is 5.75 Å². The number of nitrogens with zero attached hydrogens (tertiary/aromatic N) is 2. The van der Waals surface area contributed by atoms with Gasteiger partial charge in [-0.25, -0.2) is 0 Å². The van der Waals surface area contributed by atoms with Crippen LogP contribution in [0, 0.1) is 0 Å². The molecule has 4 rings (SSSR count). The van der Waals surface area contributed by atoms with E-state index in [1.165, 1.54) is 29.7 Å². The first-order valence-corrected chi connectivity index (χ1v) is 10.4. The summed E-state index contributed by atoms with van der Waals surface area (Å²) in [5.74, 6) is 1.11. The fourth-order valence-corrected chi connectivity index (χ4v) is 5.19. The van der Waals surface area contributed by atoms with Crippen LogP contribution in [-0.2, 0) is 12.8 Å². The molecule has 1 fully saturated rings. The smallest absolute Gasteiger partial charge is 0.264 e. The Balaban J connectivity index is 1.42. The zero-order chi connectivity index (χ0) is 17.9. The minimum atomic E-state index is 0.211. The Labute approximate surface area is 159 Å². The lowest BCUT2D eigenvalue weighted by atomic mass is 10.1. The van der Waals surface area contributed by atoms with E-state index in [9.17, 15) is 4.79 Å². The summed E-state index contributed by atoms with van der Waals surface area (Å²) < 4.78 is 5.48. The van der Waals surface area contributed by atoms with Crippen molar-refractivity contribution < 1.29 is 9.53 Å². The van der Waals surface area contributed by atoms with E-state index in [-0.39, 0.29) is 5.91 Å². The van der Waals surface area contributed by atoms with Gasteiger partial charge in [0, 0.05) is 31.1 Å². The van der Waals surface area contributed by atoms with Gasteiger partial charge >= 0.3 is 0 Å². The molecule has 0 N–H and O–H groups in total. The molecule has 0 bridgehead atoms. The molecule has 5 heteroatoms. The van der Waals surface area contributed by atoms with Crippen LogP contribution >= 0.6 is 11.3 Å². The van der Waals surface area contributed by atoms with Crippen molar-refractivity contribution in [1.29, 1.82) is 0 Å². The fourth-order valence-electron chi connectivity index (χ4n) is 3.97. The molecule has 0 spiro atoms. The number of carbonyl (C=O) groups is 1. The fraction of sp³-hybridized carbons (Fsp3) is 0.476. The summed E-state index contributed by atoms with van der Waals surface area (Å²) in [5.41, 5.74) is 2.54. The average molecular weight is 371 g/mol. The van der Waals surface area contributed by atoms with Gasteiger partial charge in [0.05, 0.1) is 17.7 Å². The van der Waals surface area contributed by atoms with Crippen LogP contribution in [0.3, 0.4) is 0 Å². The van der Waals surface area contributed by atoms with Crippen molar-refractivity contribution in [2.45, 2.75) is 32.1 Å². The molecule has 1 aliphatic heterocycles. The summed E-state index contributed by atoms with van der Waals surface area (Å²) in [6, 6.07) is 10.3. The second-order valence-electron chi connectivity index (χ2n) is 7.07. The average Bonchev–Trinajstić information content (AvgIpc) is 2.98. The van der Waals surface area contributed by atoms with Crippen LogP contribution in [0.25, 0.3) is 0 Å². The molecule has 0 atom stereocenters. The Kier molecular flexibility index (Phi) is 5.16. The van der Waals surface area contributed by atoms with Gasteiger partial charge in [-0.05, 0) is 49.4 Å². The maximum Gasteiger partial charge on any atom is 0.264 e. The number of para-hydroxylation sites is 2. The number of piperazine rings is 1. The van der Waals surface area contributed by atoms with E-state index in [1.54, 1.807) is 18.4 Å². The molecule has 26 heavy (non-hydrogen) atoms. The number of methoxy groups -OCH3 is 1. The minimum absolute atomic E-state index is 0.211. The Morgan fingerprint density at radius 3 is 2.62 bits per heavy atom. The molecule has 4 nitrogen and oxygen atoms in total. The first-order valence-electron chi connectivity index (χ1n) is 9.55. The lowest BCUT2D eigenvalue weighted by Gasteiger charge is -2.36. The molecule has 2 heterocycles. The van der Waals surface area contributed by atoms with Crippen LogP contribution in [0.2, 0.25) is 0 Å². The number of fused-ring (bicyclic) bond motifs is 1. The monoisotopic (exact) mass is 370 g/mol. The van der Waals surface area contributed by atoms with Gasteiger partial charge in [0.25, 0.3) is 5.91 Å². The zero-order valence-corrected chi connectivity index (χ0v) is 16.2. The lowest BCUT2D eigenvalue weighted by molar-refractivity contribution is 0.0751. The summed E-state index contributed by atoms with van der Waals surface area (Å²) in [4.78, 5) is 19.7. The number of carbonyl (C=O) groups excluding carboxylic acids is 1. The molecule has 1 amide bonds.